The molecule has 10 rings (SSSR count). The average Bonchev–Trinajstić information content (AvgIpc) is 4.05. The van der Waals surface area contributed by atoms with Gasteiger partial charge in [0.2, 0.25) is 0 Å². The molecule has 2 saturated heterocycles. The molecule has 68 heavy (non-hydrogen) atoms. The van der Waals surface area contributed by atoms with Crippen LogP contribution in [0.1, 0.15) is 141 Å². The van der Waals surface area contributed by atoms with Crippen LogP contribution in [0.25, 0.3) is 22.8 Å². The van der Waals surface area contributed by atoms with Crippen LogP contribution in [0.4, 0.5) is 8.78 Å². The van der Waals surface area contributed by atoms with Gasteiger partial charge in [-0.15, -0.1) is 12.4 Å². The van der Waals surface area contributed by atoms with Crippen molar-refractivity contribution in [1.29, 1.82) is 10.5 Å². The van der Waals surface area contributed by atoms with Gasteiger partial charge in [-0.2, -0.15) is 20.7 Å². The van der Waals surface area contributed by atoms with E-state index in [-0.39, 0.29) is 31.2 Å². The highest BCUT2D eigenvalue weighted by molar-refractivity contribution is 5.97. The SMILES string of the molecule is Cc1cc(C2CCC2)c(-c2ncn[nH]2)cc1C(=O)N1CCC(F)(c2ccc(C#N)cc2)CC1.Cc1cc(C2CCC2)c(-c2ncn[nH]2)cc1C(=O)O.Cl.N#Cc1ccc(C2(F)CCNCC2)cc1. The average molecular weight is 942 g/mol. The number of rotatable bonds is 8. The lowest BCUT2D eigenvalue weighted by Crippen LogP contribution is -2.43. The van der Waals surface area contributed by atoms with E-state index < -0.39 is 17.3 Å². The van der Waals surface area contributed by atoms with E-state index in [2.05, 4.69) is 47.8 Å². The first-order valence-electron chi connectivity index (χ1n) is 23.0. The van der Waals surface area contributed by atoms with Crippen LogP contribution in [-0.2, 0) is 11.3 Å². The Kier molecular flexibility index (Phi) is 15.5. The molecule has 4 heterocycles. The summed E-state index contributed by atoms with van der Waals surface area (Å²) in [4.78, 5) is 35.0. The second-order valence-electron chi connectivity index (χ2n) is 18.1. The van der Waals surface area contributed by atoms with Crippen LogP contribution in [0.15, 0.2) is 85.5 Å². The third-order valence-corrected chi connectivity index (χ3v) is 14.0. The molecule has 2 aromatic heterocycles. The number of carbonyl (C=O) groups excluding carboxylic acids is 1. The number of carboxylic acids is 1. The number of nitriles is 2. The number of hydrogen-bond acceptors (Lipinski definition) is 9. The van der Waals surface area contributed by atoms with E-state index in [1.807, 2.05) is 32.0 Å². The lowest BCUT2D eigenvalue weighted by molar-refractivity contribution is 0.0420. The minimum Gasteiger partial charge on any atom is -0.478 e. The van der Waals surface area contributed by atoms with Gasteiger partial charge in [-0.1, -0.05) is 49.2 Å². The molecule has 6 aromatic rings. The van der Waals surface area contributed by atoms with E-state index in [1.165, 1.54) is 36.6 Å². The smallest absolute Gasteiger partial charge is 0.335 e. The van der Waals surface area contributed by atoms with Crippen molar-refractivity contribution in [3.05, 3.63) is 141 Å². The lowest BCUT2D eigenvalue weighted by atomic mass is 9.77. The van der Waals surface area contributed by atoms with Gasteiger partial charge in [0, 0.05) is 42.6 Å². The normalized spacial score (nSPS) is 17.2. The van der Waals surface area contributed by atoms with Crippen molar-refractivity contribution in [3.8, 4) is 34.9 Å². The van der Waals surface area contributed by atoms with Crippen molar-refractivity contribution in [2.24, 2.45) is 0 Å². The number of carboxylic acid groups (broad SMARTS) is 1. The summed E-state index contributed by atoms with van der Waals surface area (Å²) >= 11 is 0. The zero-order valence-corrected chi connectivity index (χ0v) is 39.0. The summed E-state index contributed by atoms with van der Waals surface area (Å²) in [6, 6.07) is 25.3. The Labute approximate surface area is 400 Å². The Balaban J connectivity index is 0.000000165. The monoisotopic (exact) mass is 940 g/mol. The van der Waals surface area contributed by atoms with Crippen LogP contribution < -0.4 is 5.32 Å². The predicted octanol–water partition coefficient (Wildman–Crippen LogP) is 10.3. The van der Waals surface area contributed by atoms with Crippen molar-refractivity contribution < 1.29 is 23.5 Å². The number of nitrogens with one attached hydrogen (secondary N) is 3. The summed E-state index contributed by atoms with van der Waals surface area (Å²) < 4.78 is 30.1. The Morgan fingerprint density at radius 3 is 1.49 bits per heavy atom. The zero-order chi connectivity index (χ0) is 47.1. The van der Waals surface area contributed by atoms with Gasteiger partial charge in [-0.05, 0) is 147 Å². The molecule has 4 aromatic carbocycles. The van der Waals surface area contributed by atoms with Crippen LogP contribution in [0.5, 0.6) is 0 Å². The van der Waals surface area contributed by atoms with E-state index in [9.17, 15) is 19.1 Å². The molecule has 4 aliphatic rings. The van der Waals surface area contributed by atoms with Crippen LogP contribution in [0, 0.1) is 36.5 Å². The van der Waals surface area contributed by atoms with E-state index in [0.717, 1.165) is 61.0 Å². The number of carbonyl (C=O) groups is 2. The number of piperidine rings is 2. The number of alkyl halides is 2. The molecule has 2 aliphatic carbocycles. The van der Waals surface area contributed by atoms with Gasteiger partial charge < -0.3 is 15.3 Å². The highest BCUT2D eigenvalue weighted by Gasteiger charge is 2.38. The van der Waals surface area contributed by atoms with Crippen LogP contribution >= 0.6 is 12.4 Å². The molecule has 0 atom stereocenters. The first kappa shape index (κ1) is 49.1. The number of nitrogens with zero attached hydrogens (tertiary/aromatic N) is 7. The maximum atomic E-state index is 15.7. The van der Waals surface area contributed by atoms with Crippen molar-refractivity contribution in [2.45, 2.75) is 101 Å². The molecule has 16 heteroatoms. The minimum absolute atomic E-state index is 0. The Hall–Kier alpha value is -6.81. The standard InChI is InChI=1S/C26H26FN5O.C14H15N3O2.C12H13FN2.ClH/c1-17-13-22(19-3-2-4-19)23(24-29-16-30-31-24)14-21(17)25(33)32-11-9-26(27,10-12-32)20-7-5-18(15-28)6-8-20;1-8-5-11(9-3-2-4-9)12(6-10(8)14(18)19)13-15-7-16-17-13;13-12(5-7-15-8-6-12)11-3-1-10(9-14)2-4-11;/h5-8,13-14,16,19H,2-4,9-12H2,1H3,(H,29,30,31);5-7,9H,2-4H2,1H3,(H,18,19)(H,15,16,17);1-4,15H,5-8H2;1H. The number of aryl methyl sites for hydroxylation is 2. The maximum absolute atomic E-state index is 15.7. The maximum Gasteiger partial charge on any atom is 0.335 e. The molecule has 0 bridgehead atoms. The molecule has 2 saturated carbocycles. The third-order valence-electron chi connectivity index (χ3n) is 14.0. The third kappa shape index (κ3) is 10.6. The minimum atomic E-state index is -1.49. The number of amides is 1. The summed E-state index contributed by atoms with van der Waals surface area (Å²) in [6.07, 6.45) is 11.5. The van der Waals surface area contributed by atoms with Crippen LogP contribution in [-0.4, -0.2) is 78.4 Å². The number of likely N-dealkylation sites (tertiary alicyclic amines) is 1. The van der Waals surface area contributed by atoms with Crippen LogP contribution in [0.2, 0.25) is 0 Å². The van der Waals surface area contributed by atoms with Crippen molar-refractivity contribution in [2.75, 3.05) is 26.2 Å². The topological polar surface area (TPSA) is 200 Å². The Morgan fingerprint density at radius 1 is 0.676 bits per heavy atom. The summed E-state index contributed by atoms with van der Waals surface area (Å²) in [7, 11) is 0. The summed E-state index contributed by atoms with van der Waals surface area (Å²) in [5.41, 5.74) is 6.57. The van der Waals surface area contributed by atoms with E-state index in [1.54, 1.807) is 59.5 Å². The van der Waals surface area contributed by atoms with Gasteiger partial charge in [0.15, 0.2) is 11.6 Å². The highest BCUT2D eigenvalue weighted by Crippen LogP contribution is 2.44. The van der Waals surface area contributed by atoms with Gasteiger partial charge in [0.1, 0.15) is 24.0 Å². The zero-order valence-electron chi connectivity index (χ0n) is 38.2. The largest absolute Gasteiger partial charge is 0.478 e. The quantitative estimate of drug-likeness (QED) is 0.114. The Bertz CT molecular complexity index is 2770. The summed E-state index contributed by atoms with van der Waals surface area (Å²) in [6.45, 7) is 5.94. The number of hydrogen-bond donors (Lipinski definition) is 4. The second-order valence-corrected chi connectivity index (χ2v) is 18.1. The molecule has 13 nitrogen and oxygen atoms in total. The van der Waals surface area contributed by atoms with Gasteiger partial charge in [-0.3, -0.25) is 15.0 Å². The highest BCUT2D eigenvalue weighted by atomic mass is 35.5. The van der Waals surface area contributed by atoms with Crippen molar-refractivity contribution in [1.82, 2.24) is 40.6 Å². The number of aromatic amines is 2. The molecular weight excluding hydrogens is 886 g/mol. The fraction of sp³-hybridized carbons (Fsp3) is 0.385. The van der Waals surface area contributed by atoms with E-state index in [4.69, 9.17) is 10.5 Å². The van der Waals surface area contributed by atoms with Crippen molar-refractivity contribution in [3.63, 3.8) is 0 Å². The number of benzene rings is 4. The summed E-state index contributed by atoms with van der Waals surface area (Å²) in [5, 5.41) is 43.6. The molecule has 1 amide bonds. The van der Waals surface area contributed by atoms with E-state index >= 15 is 4.39 Å². The molecule has 4 N–H and O–H groups in total. The van der Waals surface area contributed by atoms with Gasteiger partial charge in [0.25, 0.3) is 5.91 Å². The van der Waals surface area contributed by atoms with Crippen molar-refractivity contribution >= 4 is 24.3 Å². The Morgan fingerprint density at radius 2 is 1.10 bits per heavy atom. The second kappa shape index (κ2) is 21.4. The number of halogens is 3. The molecule has 0 unspecified atom stereocenters. The number of aromatic carboxylic acids is 1. The lowest BCUT2D eigenvalue weighted by Gasteiger charge is -2.37. The molecule has 352 valence electrons. The van der Waals surface area contributed by atoms with Gasteiger partial charge in [-0.25, -0.2) is 23.5 Å². The fourth-order valence-electron chi connectivity index (χ4n) is 9.44. The molecule has 2 aliphatic heterocycles. The number of H-pyrrole nitrogens is 2. The predicted molar refractivity (Wildman–Crippen MR) is 256 cm³/mol. The number of aromatic nitrogens is 6. The van der Waals surface area contributed by atoms with Gasteiger partial charge in [0.05, 0.1) is 28.8 Å². The molecular formula is C52H55ClF2N10O3. The molecule has 0 radical (unpaired) electrons. The van der Waals surface area contributed by atoms with E-state index in [0.29, 0.717) is 82.8 Å². The fourth-order valence-corrected chi connectivity index (χ4v) is 9.44. The summed E-state index contributed by atoms with van der Waals surface area (Å²) in [5.74, 6) is 1.34. The molecule has 4 fully saturated rings. The van der Waals surface area contributed by atoms with Crippen LogP contribution in [0.3, 0.4) is 0 Å². The first-order valence-corrected chi connectivity index (χ1v) is 23.0. The first-order chi connectivity index (χ1) is 32.4. The molecule has 0 spiro atoms. The van der Waals surface area contributed by atoms with Gasteiger partial charge >= 0.3 is 5.97 Å².